The molecule has 0 bridgehead atoms. The van der Waals surface area contributed by atoms with Crippen molar-refractivity contribution in [2.24, 2.45) is 5.92 Å². The number of para-hydroxylation sites is 1. The highest BCUT2D eigenvalue weighted by atomic mass is 32.2. The van der Waals surface area contributed by atoms with Crippen LogP contribution in [0.2, 0.25) is 0 Å². The van der Waals surface area contributed by atoms with Gasteiger partial charge in [-0.05, 0) is 49.2 Å². The average molecular weight is 430 g/mol. The van der Waals surface area contributed by atoms with Gasteiger partial charge in [-0.2, -0.15) is 17.5 Å². The zero-order valence-electron chi connectivity index (χ0n) is 15.1. The monoisotopic (exact) mass is 430 g/mol. The van der Waals surface area contributed by atoms with Gasteiger partial charge in [0.1, 0.15) is 5.82 Å². The fraction of sp³-hybridized carbons (Fsp3) is 0.316. The van der Waals surface area contributed by atoms with E-state index in [1.54, 1.807) is 0 Å². The first-order valence-corrected chi connectivity index (χ1v) is 10.3. The number of nitrogens with zero attached hydrogens (tertiary/aromatic N) is 1. The minimum Gasteiger partial charge on any atom is -0.325 e. The fourth-order valence-electron chi connectivity index (χ4n) is 3.20. The van der Waals surface area contributed by atoms with E-state index in [2.05, 4.69) is 5.32 Å². The summed E-state index contributed by atoms with van der Waals surface area (Å²) >= 11 is 0. The Morgan fingerprint density at radius 3 is 2.38 bits per heavy atom. The summed E-state index contributed by atoms with van der Waals surface area (Å²) in [6.45, 7) is 0.00234. The smallest absolute Gasteiger partial charge is 0.325 e. The molecule has 0 unspecified atom stereocenters. The van der Waals surface area contributed by atoms with Crippen molar-refractivity contribution >= 4 is 21.6 Å². The van der Waals surface area contributed by atoms with E-state index >= 15 is 0 Å². The van der Waals surface area contributed by atoms with E-state index in [0.717, 1.165) is 40.7 Å². The van der Waals surface area contributed by atoms with Crippen LogP contribution in [0.15, 0.2) is 53.4 Å². The van der Waals surface area contributed by atoms with Crippen molar-refractivity contribution in [3.63, 3.8) is 0 Å². The highest BCUT2D eigenvalue weighted by Gasteiger charge is 2.36. The molecule has 1 N–H and O–H groups in total. The largest absolute Gasteiger partial charge is 0.418 e. The van der Waals surface area contributed by atoms with Crippen LogP contribution < -0.4 is 5.32 Å². The maximum absolute atomic E-state index is 13.1. The lowest BCUT2D eigenvalue weighted by Gasteiger charge is -2.31. The quantitative estimate of drug-likeness (QED) is 0.749. The van der Waals surface area contributed by atoms with Crippen LogP contribution in [-0.4, -0.2) is 31.7 Å². The van der Waals surface area contributed by atoms with E-state index < -0.39 is 39.4 Å². The summed E-state index contributed by atoms with van der Waals surface area (Å²) in [6.07, 6.45) is -3.91. The lowest BCUT2D eigenvalue weighted by atomic mass is 9.98. The van der Waals surface area contributed by atoms with E-state index in [-0.39, 0.29) is 23.7 Å². The molecule has 3 rings (SSSR count). The second-order valence-corrected chi connectivity index (χ2v) is 8.63. The Morgan fingerprint density at radius 2 is 1.72 bits per heavy atom. The van der Waals surface area contributed by atoms with Crippen LogP contribution in [0.25, 0.3) is 0 Å². The molecule has 1 aliphatic rings. The summed E-state index contributed by atoms with van der Waals surface area (Å²) in [7, 11) is -3.94. The number of sulfonamides is 1. The van der Waals surface area contributed by atoms with Crippen LogP contribution in [0, 0.1) is 11.7 Å². The van der Waals surface area contributed by atoms with Gasteiger partial charge >= 0.3 is 6.18 Å². The summed E-state index contributed by atoms with van der Waals surface area (Å²) < 4.78 is 79.0. The third kappa shape index (κ3) is 4.76. The van der Waals surface area contributed by atoms with Gasteiger partial charge in [-0.1, -0.05) is 12.1 Å². The molecule has 5 nitrogen and oxygen atoms in total. The van der Waals surface area contributed by atoms with Crippen LogP contribution >= 0.6 is 0 Å². The van der Waals surface area contributed by atoms with Gasteiger partial charge in [0.25, 0.3) is 0 Å². The topological polar surface area (TPSA) is 66.5 Å². The van der Waals surface area contributed by atoms with Gasteiger partial charge in [-0.25, -0.2) is 12.8 Å². The SMILES string of the molecule is O=C(Nc1ccccc1C(F)(F)F)[C@H]1CCCN(S(=O)(=O)c2ccc(F)cc2)C1. The molecule has 1 amide bonds. The number of alkyl halides is 3. The predicted octanol–water partition coefficient (Wildman–Crippen LogP) is 3.88. The summed E-state index contributed by atoms with van der Waals surface area (Å²) in [5, 5.41) is 2.28. The van der Waals surface area contributed by atoms with Crippen LogP contribution in [0.3, 0.4) is 0 Å². The van der Waals surface area contributed by atoms with Crippen molar-refractivity contribution in [1.82, 2.24) is 4.31 Å². The van der Waals surface area contributed by atoms with Gasteiger partial charge in [-0.15, -0.1) is 0 Å². The molecule has 1 heterocycles. The first kappa shape index (κ1) is 21.3. The minimum absolute atomic E-state index is 0.109. The number of hydrogen-bond donors (Lipinski definition) is 1. The zero-order valence-corrected chi connectivity index (χ0v) is 15.9. The first-order valence-electron chi connectivity index (χ1n) is 8.82. The predicted molar refractivity (Wildman–Crippen MR) is 98.0 cm³/mol. The molecule has 0 spiro atoms. The Hall–Kier alpha value is -2.46. The average Bonchev–Trinajstić information content (AvgIpc) is 2.68. The molecular weight excluding hydrogens is 412 g/mol. The Kier molecular flexibility index (Phi) is 5.95. The maximum atomic E-state index is 13.1. The van der Waals surface area contributed by atoms with Crippen molar-refractivity contribution in [2.75, 3.05) is 18.4 Å². The molecule has 0 saturated carbocycles. The molecule has 0 aromatic heterocycles. The maximum Gasteiger partial charge on any atom is 0.418 e. The van der Waals surface area contributed by atoms with Crippen LogP contribution in [0.4, 0.5) is 23.2 Å². The lowest BCUT2D eigenvalue weighted by molar-refractivity contribution is -0.137. The zero-order chi connectivity index (χ0) is 21.2. The van der Waals surface area contributed by atoms with Crippen molar-refractivity contribution in [1.29, 1.82) is 0 Å². The number of halogens is 4. The van der Waals surface area contributed by atoms with E-state index in [4.69, 9.17) is 0 Å². The van der Waals surface area contributed by atoms with E-state index in [1.165, 1.54) is 12.1 Å². The molecule has 10 heteroatoms. The number of carbonyl (C=O) groups is 1. The van der Waals surface area contributed by atoms with E-state index in [9.17, 15) is 30.8 Å². The number of carbonyl (C=O) groups excluding carboxylic acids is 1. The Bertz CT molecular complexity index is 991. The number of piperidine rings is 1. The summed E-state index contributed by atoms with van der Waals surface area (Å²) in [5.74, 6) is -2.07. The molecule has 0 radical (unpaired) electrons. The summed E-state index contributed by atoms with van der Waals surface area (Å²) in [5.41, 5.74) is -1.34. The van der Waals surface area contributed by atoms with E-state index in [0.29, 0.717) is 12.8 Å². The van der Waals surface area contributed by atoms with Crippen LogP contribution in [0.1, 0.15) is 18.4 Å². The first-order chi connectivity index (χ1) is 13.6. The van der Waals surface area contributed by atoms with E-state index in [1.807, 2.05) is 0 Å². The highest BCUT2D eigenvalue weighted by Crippen LogP contribution is 2.35. The molecule has 1 atom stereocenters. The van der Waals surface area contributed by atoms with Crippen molar-refractivity contribution in [2.45, 2.75) is 23.9 Å². The van der Waals surface area contributed by atoms with Crippen molar-refractivity contribution in [3.05, 3.63) is 59.9 Å². The van der Waals surface area contributed by atoms with Gasteiger partial charge in [0.15, 0.2) is 0 Å². The molecule has 156 valence electrons. The molecule has 1 aliphatic heterocycles. The molecule has 1 fully saturated rings. The number of nitrogens with one attached hydrogen (secondary N) is 1. The second kappa shape index (κ2) is 8.11. The molecule has 2 aromatic carbocycles. The van der Waals surface area contributed by atoms with Gasteiger partial charge in [-0.3, -0.25) is 4.79 Å². The fourth-order valence-corrected chi connectivity index (χ4v) is 4.73. The standard InChI is InChI=1S/C19H18F4N2O3S/c20-14-7-9-15(10-8-14)29(27,28)25-11-3-4-13(12-25)18(26)24-17-6-2-1-5-16(17)19(21,22)23/h1-2,5-10,13H,3-4,11-12H2,(H,24,26)/t13-/m0/s1. The van der Waals surface area contributed by atoms with Gasteiger partial charge in [0.2, 0.25) is 15.9 Å². The lowest BCUT2D eigenvalue weighted by Crippen LogP contribution is -2.43. The minimum atomic E-state index is -4.63. The normalized spacial score (nSPS) is 18.4. The molecule has 2 aromatic rings. The summed E-state index contributed by atoms with van der Waals surface area (Å²) in [4.78, 5) is 12.4. The Balaban J connectivity index is 1.76. The third-order valence-corrected chi connectivity index (χ3v) is 6.58. The molecular formula is C19H18F4N2O3S. The number of rotatable bonds is 4. The number of benzene rings is 2. The molecule has 1 saturated heterocycles. The summed E-state index contributed by atoms with van der Waals surface area (Å²) in [6, 6.07) is 8.91. The third-order valence-electron chi connectivity index (χ3n) is 4.70. The van der Waals surface area contributed by atoms with Crippen LogP contribution in [0.5, 0.6) is 0 Å². The van der Waals surface area contributed by atoms with Gasteiger partial charge in [0.05, 0.1) is 22.1 Å². The van der Waals surface area contributed by atoms with Crippen molar-refractivity contribution in [3.8, 4) is 0 Å². The van der Waals surface area contributed by atoms with Crippen molar-refractivity contribution < 1.29 is 30.8 Å². The molecule has 0 aliphatic carbocycles. The highest BCUT2D eigenvalue weighted by molar-refractivity contribution is 7.89. The number of anilines is 1. The van der Waals surface area contributed by atoms with Crippen LogP contribution in [-0.2, 0) is 21.0 Å². The number of amides is 1. The number of hydrogen-bond acceptors (Lipinski definition) is 3. The molecule has 29 heavy (non-hydrogen) atoms. The second-order valence-electron chi connectivity index (χ2n) is 6.69. The van der Waals surface area contributed by atoms with Gasteiger partial charge in [0, 0.05) is 13.1 Å². The Labute approximate surface area is 165 Å². The van der Waals surface area contributed by atoms with Gasteiger partial charge < -0.3 is 5.32 Å². The Morgan fingerprint density at radius 1 is 1.07 bits per heavy atom.